The van der Waals surface area contributed by atoms with Crippen LogP contribution in [0, 0.1) is 0 Å². The molecule has 2 aromatic rings. The normalized spacial score (nSPS) is 18.2. The van der Waals surface area contributed by atoms with Crippen molar-refractivity contribution in [2.45, 2.75) is 6.17 Å². The van der Waals surface area contributed by atoms with Crippen LogP contribution in [-0.2, 0) is 0 Å². The Morgan fingerprint density at radius 1 is 1.18 bits per heavy atom. The summed E-state index contributed by atoms with van der Waals surface area (Å²) in [5, 5.41) is 0. The van der Waals surface area contributed by atoms with E-state index in [0.717, 1.165) is 16.9 Å². The number of anilines is 2. The molecule has 0 fully saturated rings. The second kappa shape index (κ2) is 3.64. The third-order valence-corrected chi connectivity index (χ3v) is 2.78. The number of furan rings is 1. The molecular weight excluding hydrogens is 216 g/mol. The lowest BCUT2D eigenvalue weighted by atomic mass is 10.2. The Morgan fingerprint density at radius 3 is 2.71 bits per heavy atom. The Hall–Kier alpha value is -2.27. The van der Waals surface area contributed by atoms with Crippen molar-refractivity contribution in [3.05, 3.63) is 42.2 Å². The minimum atomic E-state index is -0.287. The molecule has 0 spiro atoms. The maximum absolute atomic E-state index is 6.15. The molecule has 5 heteroatoms. The van der Waals surface area contributed by atoms with Gasteiger partial charge in [-0.2, -0.15) is 0 Å². The molecule has 0 radical (unpaired) electrons. The predicted octanol–water partition coefficient (Wildman–Crippen LogP) is 2.00. The smallest absolute Gasteiger partial charge is 0.226 e. The van der Waals surface area contributed by atoms with E-state index in [0.29, 0.717) is 5.88 Å². The predicted molar refractivity (Wildman–Crippen MR) is 67.1 cm³/mol. The van der Waals surface area contributed by atoms with E-state index in [-0.39, 0.29) is 6.17 Å². The molecule has 1 aliphatic rings. The fourth-order valence-corrected chi connectivity index (χ4v) is 1.85. The second-order valence-electron chi connectivity index (χ2n) is 3.87. The van der Waals surface area contributed by atoms with E-state index in [9.17, 15) is 0 Å². The monoisotopic (exact) mass is 228 g/mol. The highest BCUT2D eigenvalue weighted by atomic mass is 16.3. The molecule has 5 nitrogen and oxygen atoms in total. The summed E-state index contributed by atoms with van der Waals surface area (Å²) in [5.74, 6) is 0.573. The molecule has 1 aliphatic heterocycles. The Morgan fingerprint density at radius 2 is 1.94 bits per heavy atom. The van der Waals surface area contributed by atoms with E-state index in [1.807, 2.05) is 35.2 Å². The van der Waals surface area contributed by atoms with Crippen molar-refractivity contribution >= 4 is 23.6 Å². The zero-order chi connectivity index (χ0) is 11.8. The molecule has 1 aromatic carbocycles. The zero-order valence-corrected chi connectivity index (χ0v) is 9.08. The van der Waals surface area contributed by atoms with E-state index in [1.165, 1.54) is 0 Å². The van der Waals surface area contributed by atoms with E-state index in [1.54, 1.807) is 12.6 Å². The molecule has 1 aromatic heterocycles. The number of benzene rings is 1. The number of nitrogens with zero attached hydrogens (tertiary/aromatic N) is 2. The maximum atomic E-state index is 6.15. The molecule has 1 unspecified atom stereocenters. The van der Waals surface area contributed by atoms with Gasteiger partial charge in [-0.05, 0) is 30.3 Å². The Balaban J connectivity index is 1.98. The molecular formula is C12H12N4O. The van der Waals surface area contributed by atoms with Crippen LogP contribution in [0.3, 0.4) is 0 Å². The molecule has 0 saturated heterocycles. The van der Waals surface area contributed by atoms with Crippen LogP contribution in [0.1, 0.15) is 11.7 Å². The lowest BCUT2D eigenvalue weighted by molar-refractivity contribution is 0.567. The number of nitrogens with two attached hydrogens (primary N) is 2. The summed E-state index contributed by atoms with van der Waals surface area (Å²) in [5.41, 5.74) is 14.3. The highest BCUT2D eigenvalue weighted by molar-refractivity contribution is 5.84. The average Bonchev–Trinajstić information content (AvgIpc) is 2.80. The van der Waals surface area contributed by atoms with Crippen LogP contribution in [0.25, 0.3) is 0 Å². The first-order valence-electron chi connectivity index (χ1n) is 5.27. The number of fused-ring (bicyclic) bond motifs is 1. The number of nitrogen functional groups attached to an aromatic ring is 1. The molecule has 0 aliphatic carbocycles. The highest BCUT2D eigenvalue weighted by Crippen LogP contribution is 2.33. The standard InChI is InChI=1S/C12H12N4O/c13-8-1-3-9(4-2-8)16-7-15-12-10(11(16)14)5-6-17-12/h1-7,11H,13-14H2. The average molecular weight is 228 g/mol. The Bertz CT molecular complexity index is 558. The zero-order valence-electron chi connectivity index (χ0n) is 9.08. The van der Waals surface area contributed by atoms with Gasteiger partial charge in [-0.3, -0.25) is 0 Å². The summed E-state index contributed by atoms with van der Waals surface area (Å²) >= 11 is 0. The fourth-order valence-electron chi connectivity index (χ4n) is 1.85. The molecule has 3 rings (SSSR count). The molecule has 4 N–H and O–H groups in total. The summed E-state index contributed by atoms with van der Waals surface area (Å²) in [6, 6.07) is 9.32. The van der Waals surface area contributed by atoms with Gasteiger partial charge < -0.3 is 20.8 Å². The number of hydrogen-bond donors (Lipinski definition) is 2. The number of hydrogen-bond acceptors (Lipinski definition) is 5. The SMILES string of the molecule is Nc1ccc(N2C=Nc3occc3C2N)cc1. The lowest BCUT2D eigenvalue weighted by Crippen LogP contribution is -2.35. The summed E-state index contributed by atoms with van der Waals surface area (Å²) in [6.07, 6.45) is 2.97. The quantitative estimate of drug-likeness (QED) is 0.731. The molecule has 17 heavy (non-hydrogen) atoms. The summed E-state index contributed by atoms with van der Waals surface area (Å²) in [7, 11) is 0. The van der Waals surface area contributed by atoms with Crippen molar-refractivity contribution in [3.63, 3.8) is 0 Å². The van der Waals surface area contributed by atoms with E-state index < -0.39 is 0 Å². The van der Waals surface area contributed by atoms with Crippen molar-refractivity contribution in [2.24, 2.45) is 10.7 Å². The van der Waals surface area contributed by atoms with Gasteiger partial charge in [0.2, 0.25) is 5.88 Å². The minimum Gasteiger partial charge on any atom is -0.446 e. The first kappa shape index (κ1) is 9.92. The second-order valence-corrected chi connectivity index (χ2v) is 3.87. The van der Waals surface area contributed by atoms with Gasteiger partial charge in [-0.1, -0.05) is 0 Å². The van der Waals surface area contributed by atoms with Crippen molar-refractivity contribution in [3.8, 4) is 0 Å². The van der Waals surface area contributed by atoms with E-state index in [4.69, 9.17) is 15.9 Å². The van der Waals surface area contributed by atoms with Crippen LogP contribution < -0.4 is 16.4 Å². The minimum absolute atomic E-state index is 0.287. The van der Waals surface area contributed by atoms with Gasteiger partial charge in [0.25, 0.3) is 0 Å². The molecule has 0 saturated carbocycles. The van der Waals surface area contributed by atoms with Crippen molar-refractivity contribution < 1.29 is 4.42 Å². The first-order valence-corrected chi connectivity index (χ1v) is 5.27. The Labute approximate surface area is 98.3 Å². The lowest BCUT2D eigenvalue weighted by Gasteiger charge is -2.28. The van der Waals surface area contributed by atoms with E-state index in [2.05, 4.69) is 4.99 Å². The largest absolute Gasteiger partial charge is 0.446 e. The van der Waals surface area contributed by atoms with Crippen LogP contribution in [-0.4, -0.2) is 6.34 Å². The number of rotatable bonds is 1. The molecule has 0 bridgehead atoms. The third-order valence-electron chi connectivity index (χ3n) is 2.78. The summed E-state index contributed by atoms with van der Waals surface area (Å²) in [4.78, 5) is 6.08. The van der Waals surface area contributed by atoms with E-state index >= 15 is 0 Å². The van der Waals surface area contributed by atoms with Crippen molar-refractivity contribution in [1.82, 2.24) is 0 Å². The van der Waals surface area contributed by atoms with Crippen molar-refractivity contribution in [1.29, 1.82) is 0 Å². The summed E-state index contributed by atoms with van der Waals surface area (Å²) < 4.78 is 5.21. The van der Waals surface area contributed by atoms with Crippen LogP contribution >= 0.6 is 0 Å². The Kier molecular flexibility index (Phi) is 2.12. The van der Waals surface area contributed by atoms with Gasteiger partial charge in [0.15, 0.2) is 0 Å². The van der Waals surface area contributed by atoms with Gasteiger partial charge in [0.05, 0.1) is 11.8 Å². The van der Waals surface area contributed by atoms with Gasteiger partial charge in [-0.25, -0.2) is 4.99 Å². The van der Waals surface area contributed by atoms with Gasteiger partial charge in [-0.15, -0.1) is 0 Å². The third kappa shape index (κ3) is 1.57. The van der Waals surface area contributed by atoms with Gasteiger partial charge >= 0.3 is 0 Å². The molecule has 0 amide bonds. The summed E-state index contributed by atoms with van der Waals surface area (Å²) in [6.45, 7) is 0. The van der Waals surface area contributed by atoms with Crippen LogP contribution in [0.2, 0.25) is 0 Å². The van der Waals surface area contributed by atoms with Gasteiger partial charge in [0.1, 0.15) is 12.5 Å². The maximum Gasteiger partial charge on any atom is 0.226 e. The highest BCUT2D eigenvalue weighted by Gasteiger charge is 2.24. The number of aliphatic imine (C=N–C) groups is 1. The molecule has 2 heterocycles. The van der Waals surface area contributed by atoms with Gasteiger partial charge in [0, 0.05) is 11.4 Å². The topological polar surface area (TPSA) is 80.8 Å². The van der Waals surface area contributed by atoms with Crippen LogP contribution in [0.4, 0.5) is 17.3 Å². The molecule has 86 valence electrons. The van der Waals surface area contributed by atoms with Crippen LogP contribution in [0.15, 0.2) is 46.0 Å². The first-order chi connectivity index (χ1) is 8.25. The molecule has 1 atom stereocenters. The van der Waals surface area contributed by atoms with Crippen molar-refractivity contribution in [2.75, 3.05) is 10.6 Å². The fraction of sp³-hybridized carbons (Fsp3) is 0.0833. The van der Waals surface area contributed by atoms with Crippen LogP contribution in [0.5, 0.6) is 0 Å².